The highest BCUT2D eigenvalue weighted by Crippen LogP contribution is 2.30. The first-order chi connectivity index (χ1) is 12.5. The first-order valence-corrected chi connectivity index (χ1v) is 9.40. The number of carbonyl (C=O) groups is 1. The van der Waals surface area contributed by atoms with Crippen molar-refractivity contribution < 1.29 is 9.53 Å². The smallest absolute Gasteiger partial charge is 0.292 e. The summed E-state index contributed by atoms with van der Waals surface area (Å²) in [5.74, 6) is 0.680. The molecule has 138 valence electrons. The van der Waals surface area contributed by atoms with Crippen LogP contribution in [0.5, 0.6) is 5.75 Å². The molecule has 1 aliphatic rings. The minimum atomic E-state index is -0.468. The molecule has 0 atom stereocenters. The van der Waals surface area contributed by atoms with E-state index >= 15 is 0 Å². The molecule has 1 aliphatic heterocycles. The van der Waals surface area contributed by atoms with Gasteiger partial charge in [0.05, 0.1) is 12.3 Å². The molecule has 1 saturated heterocycles. The molecule has 5 N–H and O–H groups in total. The molecule has 1 amide bonds. The molecule has 26 heavy (non-hydrogen) atoms. The average molecular weight is 373 g/mol. The molecule has 2 heterocycles. The van der Waals surface area contributed by atoms with Gasteiger partial charge in [0.2, 0.25) is 0 Å². The molecule has 3 rings (SSSR count). The fourth-order valence-electron chi connectivity index (χ4n) is 2.87. The summed E-state index contributed by atoms with van der Waals surface area (Å²) in [7, 11) is 0. The van der Waals surface area contributed by atoms with Crippen molar-refractivity contribution >= 4 is 23.2 Å². The monoisotopic (exact) mass is 373 g/mol. The van der Waals surface area contributed by atoms with Crippen molar-refractivity contribution in [2.45, 2.75) is 19.8 Å². The maximum absolute atomic E-state index is 12.1. The number of hydrogen-bond donors (Lipinski definition) is 3. The molecule has 0 saturated carbocycles. The molecular weight excluding hydrogens is 350 g/mol. The van der Waals surface area contributed by atoms with Gasteiger partial charge in [-0.25, -0.2) is 4.98 Å². The van der Waals surface area contributed by atoms with Crippen LogP contribution in [-0.4, -0.2) is 36.5 Å². The highest BCUT2D eigenvalue weighted by atomic mass is 32.1. The number of nitrogens with two attached hydrogens (primary N) is 2. The van der Waals surface area contributed by atoms with E-state index in [-0.39, 0.29) is 5.96 Å². The van der Waals surface area contributed by atoms with E-state index in [1.54, 1.807) is 6.92 Å². The van der Waals surface area contributed by atoms with Gasteiger partial charge in [-0.3, -0.25) is 4.79 Å². The average Bonchev–Trinajstić information content (AvgIpc) is 3.02. The van der Waals surface area contributed by atoms with E-state index in [0.717, 1.165) is 48.9 Å². The summed E-state index contributed by atoms with van der Waals surface area (Å²) in [6, 6.07) is 7.77. The van der Waals surface area contributed by atoms with Gasteiger partial charge in [0.25, 0.3) is 5.91 Å². The van der Waals surface area contributed by atoms with Crippen LogP contribution < -0.4 is 21.5 Å². The number of amides is 1. The zero-order valence-corrected chi connectivity index (χ0v) is 15.5. The number of thiazole rings is 1. The van der Waals surface area contributed by atoms with Crippen LogP contribution in [0.15, 0.2) is 29.3 Å². The highest BCUT2D eigenvalue weighted by molar-refractivity contribution is 7.17. The van der Waals surface area contributed by atoms with Gasteiger partial charge < -0.3 is 21.5 Å². The van der Waals surface area contributed by atoms with Crippen LogP contribution in [0.3, 0.4) is 0 Å². The van der Waals surface area contributed by atoms with Gasteiger partial charge >= 0.3 is 0 Å². The largest absolute Gasteiger partial charge is 0.493 e. The van der Waals surface area contributed by atoms with E-state index < -0.39 is 5.91 Å². The summed E-state index contributed by atoms with van der Waals surface area (Å²) in [6.45, 7) is 4.60. The standard InChI is InChI=1S/C18H23N5O2S/c1-11-15(16(24)23-18(19)20)26-17(22-11)13-3-2-4-14(9-13)25-10-12-5-7-21-8-6-12/h2-4,9,12,21H,5-8,10H2,1H3,(H4,19,20,23,24). The zero-order chi connectivity index (χ0) is 18.5. The van der Waals surface area contributed by atoms with Crippen molar-refractivity contribution in [2.24, 2.45) is 22.4 Å². The Morgan fingerprint density at radius 2 is 2.15 bits per heavy atom. The summed E-state index contributed by atoms with van der Waals surface area (Å²) in [6.07, 6.45) is 2.28. The van der Waals surface area contributed by atoms with Crippen molar-refractivity contribution in [3.8, 4) is 16.3 Å². The third-order valence-corrected chi connectivity index (χ3v) is 5.44. The first kappa shape index (κ1) is 18.3. The molecule has 0 radical (unpaired) electrons. The number of aliphatic imine (C=N–C) groups is 1. The number of ether oxygens (including phenoxy) is 1. The summed E-state index contributed by atoms with van der Waals surface area (Å²) >= 11 is 1.27. The van der Waals surface area contributed by atoms with Crippen LogP contribution in [-0.2, 0) is 0 Å². The van der Waals surface area contributed by atoms with E-state index in [9.17, 15) is 4.79 Å². The predicted molar refractivity (Wildman–Crippen MR) is 104 cm³/mol. The molecule has 1 fully saturated rings. The molecule has 2 aromatic rings. The number of guanidine groups is 1. The molecule has 8 heteroatoms. The Bertz CT molecular complexity index is 808. The van der Waals surface area contributed by atoms with Crippen molar-refractivity contribution in [2.75, 3.05) is 19.7 Å². The van der Waals surface area contributed by atoms with Crippen LogP contribution in [0.25, 0.3) is 10.6 Å². The van der Waals surface area contributed by atoms with Crippen molar-refractivity contribution in [1.82, 2.24) is 10.3 Å². The van der Waals surface area contributed by atoms with Crippen LogP contribution in [0.4, 0.5) is 0 Å². The van der Waals surface area contributed by atoms with Crippen LogP contribution in [0.2, 0.25) is 0 Å². The number of aryl methyl sites for hydroxylation is 1. The van der Waals surface area contributed by atoms with Crippen LogP contribution in [0.1, 0.15) is 28.2 Å². The third kappa shape index (κ3) is 4.59. The Labute approximate surface area is 156 Å². The Balaban J connectivity index is 1.73. The second-order valence-corrected chi connectivity index (χ2v) is 7.31. The van der Waals surface area contributed by atoms with Crippen LogP contribution in [0, 0.1) is 12.8 Å². The van der Waals surface area contributed by atoms with Gasteiger partial charge in [-0.05, 0) is 50.9 Å². The van der Waals surface area contributed by atoms with Gasteiger partial charge in [0.15, 0.2) is 5.96 Å². The number of nitrogens with zero attached hydrogens (tertiary/aromatic N) is 2. The van der Waals surface area contributed by atoms with E-state index in [4.69, 9.17) is 16.2 Å². The Kier molecular flexibility index (Phi) is 5.85. The second-order valence-electron chi connectivity index (χ2n) is 6.31. The fourth-order valence-corrected chi connectivity index (χ4v) is 3.81. The third-order valence-electron chi connectivity index (χ3n) is 4.25. The molecule has 0 unspecified atom stereocenters. The number of benzene rings is 1. The van der Waals surface area contributed by atoms with Gasteiger partial charge in [0, 0.05) is 5.56 Å². The number of hydrogen-bond acceptors (Lipinski definition) is 5. The molecular formula is C18H23N5O2S. The van der Waals surface area contributed by atoms with Crippen molar-refractivity contribution in [3.05, 3.63) is 34.8 Å². The lowest BCUT2D eigenvalue weighted by Crippen LogP contribution is -2.30. The normalized spacial score (nSPS) is 14.8. The second kappa shape index (κ2) is 8.29. The van der Waals surface area contributed by atoms with Gasteiger partial charge in [-0.1, -0.05) is 12.1 Å². The number of rotatable bonds is 5. The van der Waals surface area contributed by atoms with E-state index in [1.807, 2.05) is 24.3 Å². The maximum Gasteiger partial charge on any atom is 0.292 e. The number of piperidine rings is 1. The molecule has 1 aromatic carbocycles. The molecule has 1 aromatic heterocycles. The lowest BCUT2D eigenvalue weighted by atomic mass is 9.99. The summed E-state index contributed by atoms with van der Waals surface area (Å²) in [5.41, 5.74) is 12.1. The van der Waals surface area contributed by atoms with Crippen molar-refractivity contribution in [1.29, 1.82) is 0 Å². The Morgan fingerprint density at radius 3 is 2.88 bits per heavy atom. The topological polar surface area (TPSA) is 116 Å². The predicted octanol–water partition coefficient (Wildman–Crippen LogP) is 1.91. The van der Waals surface area contributed by atoms with Crippen molar-refractivity contribution in [3.63, 3.8) is 0 Å². The van der Waals surface area contributed by atoms with Gasteiger partial charge in [0.1, 0.15) is 15.6 Å². The molecule has 0 bridgehead atoms. The van der Waals surface area contributed by atoms with Gasteiger partial charge in [-0.2, -0.15) is 4.99 Å². The Hall–Kier alpha value is -2.45. The number of nitrogens with one attached hydrogen (secondary N) is 1. The van der Waals surface area contributed by atoms with Crippen LogP contribution >= 0.6 is 11.3 Å². The SMILES string of the molecule is Cc1nc(-c2cccc(OCC3CCNCC3)c2)sc1C(=O)N=C(N)N. The molecule has 0 aliphatic carbocycles. The van der Waals surface area contributed by atoms with E-state index in [2.05, 4.69) is 15.3 Å². The lowest BCUT2D eigenvalue weighted by molar-refractivity contribution is 0.101. The molecule has 0 spiro atoms. The fraction of sp³-hybridized carbons (Fsp3) is 0.389. The molecule has 7 nitrogen and oxygen atoms in total. The Morgan fingerprint density at radius 1 is 1.38 bits per heavy atom. The highest BCUT2D eigenvalue weighted by Gasteiger charge is 2.17. The summed E-state index contributed by atoms with van der Waals surface area (Å²) < 4.78 is 5.97. The zero-order valence-electron chi connectivity index (χ0n) is 14.7. The quantitative estimate of drug-likeness (QED) is 0.545. The minimum absolute atomic E-state index is 0.252. The number of carbonyl (C=O) groups excluding carboxylic acids is 1. The summed E-state index contributed by atoms with van der Waals surface area (Å²) in [4.78, 5) is 20.6. The maximum atomic E-state index is 12.1. The van der Waals surface area contributed by atoms with Gasteiger partial charge in [-0.15, -0.1) is 11.3 Å². The lowest BCUT2D eigenvalue weighted by Gasteiger charge is -2.22. The van der Waals surface area contributed by atoms with E-state index in [0.29, 0.717) is 16.5 Å². The summed E-state index contributed by atoms with van der Waals surface area (Å²) in [5, 5.41) is 4.10. The minimum Gasteiger partial charge on any atom is -0.493 e. The number of aromatic nitrogens is 1. The first-order valence-electron chi connectivity index (χ1n) is 8.58. The van der Waals surface area contributed by atoms with E-state index in [1.165, 1.54) is 11.3 Å².